The zero-order valence-electron chi connectivity index (χ0n) is 10.9. The minimum atomic E-state index is -0.373. The fourth-order valence-electron chi connectivity index (χ4n) is 2.13. The van der Waals surface area contributed by atoms with Crippen LogP contribution in [0.1, 0.15) is 47.6 Å². The van der Waals surface area contributed by atoms with Crippen LogP contribution in [0.5, 0.6) is 0 Å². The van der Waals surface area contributed by atoms with E-state index >= 15 is 0 Å². The molecule has 1 aromatic heterocycles. The number of aromatic nitrogens is 2. The van der Waals surface area contributed by atoms with Crippen molar-refractivity contribution >= 4 is 0 Å². The zero-order chi connectivity index (χ0) is 13.2. The van der Waals surface area contributed by atoms with Gasteiger partial charge in [0.25, 0.3) is 0 Å². The molecule has 1 aliphatic carbocycles. The van der Waals surface area contributed by atoms with E-state index in [1.165, 1.54) is 0 Å². The highest BCUT2D eigenvalue weighted by molar-refractivity contribution is 5.32. The van der Waals surface area contributed by atoms with Gasteiger partial charge in [-0.05, 0) is 24.0 Å². The molecule has 0 radical (unpaired) electrons. The van der Waals surface area contributed by atoms with Gasteiger partial charge in [0, 0.05) is 13.0 Å². The first-order chi connectivity index (χ1) is 9.29. The van der Waals surface area contributed by atoms with Crippen LogP contribution in [0.4, 0.5) is 0 Å². The van der Waals surface area contributed by atoms with E-state index in [2.05, 4.69) is 10.1 Å². The van der Waals surface area contributed by atoms with Crippen molar-refractivity contribution < 1.29 is 9.26 Å². The standard InChI is InChI=1S/C14H17N3O2/c1-18-8-10-4-2-3-5-11(10)12(15)13-16-14(19-17-13)9-6-7-9/h2-5,9,12H,6-8,15H2,1H3. The quantitative estimate of drug-likeness (QED) is 0.890. The van der Waals surface area contributed by atoms with E-state index in [1.807, 2.05) is 24.3 Å². The van der Waals surface area contributed by atoms with Crippen LogP contribution in [0.2, 0.25) is 0 Å². The molecule has 0 saturated heterocycles. The van der Waals surface area contributed by atoms with Crippen molar-refractivity contribution in [2.75, 3.05) is 7.11 Å². The van der Waals surface area contributed by atoms with Crippen molar-refractivity contribution in [3.63, 3.8) is 0 Å². The van der Waals surface area contributed by atoms with Crippen molar-refractivity contribution in [2.24, 2.45) is 5.73 Å². The maximum Gasteiger partial charge on any atom is 0.229 e. The normalized spacial score (nSPS) is 16.5. The van der Waals surface area contributed by atoms with Gasteiger partial charge in [0.1, 0.15) is 0 Å². The SMILES string of the molecule is COCc1ccccc1C(N)c1noc(C2CC2)n1. The van der Waals surface area contributed by atoms with E-state index in [-0.39, 0.29) is 6.04 Å². The topological polar surface area (TPSA) is 74.2 Å². The molecule has 0 aliphatic heterocycles. The molecule has 100 valence electrons. The molecule has 1 fully saturated rings. The Morgan fingerprint density at radius 1 is 1.42 bits per heavy atom. The summed E-state index contributed by atoms with van der Waals surface area (Å²) in [5.74, 6) is 1.71. The molecule has 1 unspecified atom stereocenters. The second-order valence-electron chi connectivity index (χ2n) is 4.87. The van der Waals surface area contributed by atoms with Gasteiger partial charge in [0.05, 0.1) is 12.6 Å². The third-order valence-electron chi connectivity index (χ3n) is 3.35. The van der Waals surface area contributed by atoms with Gasteiger partial charge >= 0.3 is 0 Å². The van der Waals surface area contributed by atoms with Gasteiger partial charge in [-0.3, -0.25) is 0 Å². The predicted molar refractivity (Wildman–Crippen MR) is 69.5 cm³/mol. The highest BCUT2D eigenvalue weighted by atomic mass is 16.5. The summed E-state index contributed by atoms with van der Waals surface area (Å²) in [4.78, 5) is 4.41. The molecular formula is C14H17N3O2. The van der Waals surface area contributed by atoms with E-state index in [0.29, 0.717) is 18.3 Å². The van der Waals surface area contributed by atoms with Crippen LogP contribution >= 0.6 is 0 Å². The van der Waals surface area contributed by atoms with Crippen LogP contribution in [-0.4, -0.2) is 17.3 Å². The monoisotopic (exact) mass is 259 g/mol. The first-order valence-corrected chi connectivity index (χ1v) is 6.45. The van der Waals surface area contributed by atoms with Crippen LogP contribution in [0, 0.1) is 0 Å². The van der Waals surface area contributed by atoms with E-state index in [9.17, 15) is 0 Å². The first-order valence-electron chi connectivity index (χ1n) is 6.45. The minimum absolute atomic E-state index is 0.373. The summed E-state index contributed by atoms with van der Waals surface area (Å²) < 4.78 is 10.4. The molecular weight excluding hydrogens is 242 g/mol. The molecule has 1 saturated carbocycles. The van der Waals surface area contributed by atoms with Crippen LogP contribution in [0.25, 0.3) is 0 Å². The van der Waals surface area contributed by atoms with E-state index in [4.69, 9.17) is 15.0 Å². The smallest absolute Gasteiger partial charge is 0.229 e. The maximum absolute atomic E-state index is 6.24. The Kier molecular flexibility index (Phi) is 3.31. The Morgan fingerprint density at radius 2 is 2.21 bits per heavy atom. The average Bonchev–Trinajstić information content (AvgIpc) is 3.17. The number of benzene rings is 1. The Labute approximate surface area is 111 Å². The van der Waals surface area contributed by atoms with Crippen LogP contribution in [0.15, 0.2) is 28.8 Å². The van der Waals surface area contributed by atoms with Gasteiger partial charge in [-0.25, -0.2) is 0 Å². The number of nitrogens with two attached hydrogens (primary N) is 1. The summed E-state index contributed by atoms with van der Waals surface area (Å²) in [6.07, 6.45) is 2.27. The molecule has 1 atom stereocenters. The van der Waals surface area contributed by atoms with Crippen molar-refractivity contribution in [1.29, 1.82) is 0 Å². The molecule has 1 aliphatic rings. The fraction of sp³-hybridized carbons (Fsp3) is 0.429. The number of ether oxygens (including phenoxy) is 1. The van der Waals surface area contributed by atoms with Gasteiger partial charge in [-0.15, -0.1) is 0 Å². The van der Waals surface area contributed by atoms with E-state index in [1.54, 1.807) is 7.11 Å². The predicted octanol–water partition coefficient (Wildman–Crippen LogP) is 2.14. The maximum atomic E-state index is 6.24. The summed E-state index contributed by atoms with van der Waals surface area (Å²) >= 11 is 0. The van der Waals surface area contributed by atoms with Gasteiger partial charge in [-0.2, -0.15) is 4.98 Å². The molecule has 5 heteroatoms. The molecule has 2 aromatic rings. The van der Waals surface area contributed by atoms with Gasteiger partial charge in [0.15, 0.2) is 5.82 Å². The summed E-state index contributed by atoms with van der Waals surface area (Å²) in [6, 6.07) is 7.53. The Balaban J connectivity index is 1.87. The summed E-state index contributed by atoms with van der Waals surface area (Å²) in [7, 11) is 1.67. The van der Waals surface area contributed by atoms with E-state index in [0.717, 1.165) is 29.9 Å². The van der Waals surface area contributed by atoms with Gasteiger partial charge < -0.3 is 15.0 Å². The fourth-order valence-corrected chi connectivity index (χ4v) is 2.13. The third-order valence-corrected chi connectivity index (χ3v) is 3.35. The highest BCUT2D eigenvalue weighted by Gasteiger charge is 2.30. The molecule has 0 amide bonds. The van der Waals surface area contributed by atoms with Crippen LogP contribution in [0.3, 0.4) is 0 Å². The van der Waals surface area contributed by atoms with E-state index < -0.39 is 0 Å². The molecule has 3 rings (SSSR count). The van der Waals surface area contributed by atoms with Crippen LogP contribution in [-0.2, 0) is 11.3 Å². The third kappa shape index (κ3) is 2.52. The number of hydrogen-bond acceptors (Lipinski definition) is 5. The van der Waals surface area contributed by atoms with Crippen molar-refractivity contribution in [3.05, 3.63) is 47.1 Å². The first kappa shape index (κ1) is 12.3. The Bertz CT molecular complexity index is 563. The van der Waals surface area contributed by atoms with Crippen LogP contribution < -0.4 is 5.73 Å². The molecule has 1 aromatic carbocycles. The largest absolute Gasteiger partial charge is 0.380 e. The van der Waals surface area contributed by atoms with Crippen molar-refractivity contribution in [3.8, 4) is 0 Å². The molecule has 1 heterocycles. The highest BCUT2D eigenvalue weighted by Crippen LogP contribution is 2.39. The average molecular weight is 259 g/mol. The molecule has 2 N–H and O–H groups in total. The van der Waals surface area contributed by atoms with Gasteiger partial charge in [0.2, 0.25) is 5.89 Å². The lowest BCUT2D eigenvalue weighted by Gasteiger charge is -2.12. The van der Waals surface area contributed by atoms with Crippen molar-refractivity contribution in [2.45, 2.75) is 31.4 Å². The minimum Gasteiger partial charge on any atom is -0.380 e. The summed E-state index contributed by atoms with van der Waals surface area (Å²) in [5.41, 5.74) is 8.27. The summed E-state index contributed by atoms with van der Waals surface area (Å²) in [6.45, 7) is 0.525. The lowest BCUT2D eigenvalue weighted by molar-refractivity contribution is 0.184. The number of nitrogens with zero attached hydrogens (tertiary/aromatic N) is 2. The zero-order valence-corrected chi connectivity index (χ0v) is 10.9. The molecule has 19 heavy (non-hydrogen) atoms. The molecule has 0 spiro atoms. The second kappa shape index (κ2) is 5.11. The number of hydrogen-bond donors (Lipinski definition) is 1. The summed E-state index contributed by atoms with van der Waals surface area (Å²) in [5, 5.41) is 4.00. The number of methoxy groups -OCH3 is 1. The Morgan fingerprint density at radius 3 is 2.95 bits per heavy atom. The Hall–Kier alpha value is -1.72. The van der Waals surface area contributed by atoms with Gasteiger partial charge in [-0.1, -0.05) is 29.4 Å². The molecule has 0 bridgehead atoms. The lowest BCUT2D eigenvalue weighted by atomic mass is 10.0. The molecule has 5 nitrogen and oxygen atoms in total. The lowest BCUT2D eigenvalue weighted by Crippen LogP contribution is -2.16. The number of rotatable bonds is 5. The van der Waals surface area contributed by atoms with Crippen molar-refractivity contribution in [1.82, 2.24) is 10.1 Å². The second-order valence-corrected chi connectivity index (χ2v) is 4.87.